The van der Waals surface area contributed by atoms with Gasteiger partial charge in [0.2, 0.25) is 5.91 Å². The Morgan fingerprint density at radius 2 is 1.67 bits per heavy atom. The van der Waals surface area contributed by atoms with Crippen molar-refractivity contribution in [1.29, 1.82) is 0 Å². The predicted octanol–water partition coefficient (Wildman–Crippen LogP) is 3.92. The zero-order valence-corrected chi connectivity index (χ0v) is 12.2. The summed E-state index contributed by atoms with van der Waals surface area (Å²) in [6.07, 6.45) is 0. The standard InChI is InChI=1S/C14H10BrF3N2O/c15-8-5-10(17)11(18)6-13(8)19-7-14(21)20-12-4-2-1-3-9(12)16/h1-6,19H,7H2,(H,20,21). The van der Waals surface area contributed by atoms with Crippen LogP contribution in [-0.4, -0.2) is 12.5 Å². The van der Waals surface area contributed by atoms with Crippen molar-refractivity contribution in [3.05, 3.63) is 58.3 Å². The maximum absolute atomic E-state index is 13.3. The van der Waals surface area contributed by atoms with Gasteiger partial charge in [0.05, 0.1) is 17.9 Å². The summed E-state index contributed by atoms with van der Waals surface area (Å²) in [6, 6.07) is 7.59. The number of nitrogens with one attached hydrogen (secondary N) is 2. The Morgan fingerprint density at radius 3 is 2.38 bits per heavy atom. The molecule has 2 aromatic rings. The lowest BCUT2D eigenvalue weighted by molar-refractivity contribution is -0.114. The quantitative estimate of drug-likeness (QED) is 0.813. The summed E-state index contributed by atoms with van der Waals surface area (Å²) in [7, 11) is 0. The Labute approximate surface area is 127 Å². The number of carbonyl (C=O) groups is 1. The maximum Gasteiger partial charge on any atom is 0.243 e. The smallest absolute Gasteiger partial charge is 0.243 e. The number of hydrogen-bond acceptors (Lipinski definition) is 2. The van der Waals surface area contributed by atoms with Crippen LogP contribution < -0.4 is 10.6 Å². The molecule has 21 heavy (non-hydrogen) atoms. The topological polar surface area (TPSA) is 41.1 Å². The summed E-state index contributed by atoms with van der Waals surface area (Å²) >= 11 is 3.05. The van der Waals surface area contributed by atoms with E-state index in [1.54, 1.807) is 6.07 Å². The summed E-state index contributed by atoms with van der Waals surface area (Å²) in [5, 5.41) is 5.00. The molecule has 0 aromatic heterocycles. The van der Waals surface area contributed by atoms with E-state index in [0.717, 1.165) is 12.1 Å². The van der Waals surface area contributed by atoms with Crippen molar-refractivity contribution in [2.75, 3.05) is 17.2 Å². The zero-order valence-electron chi connectivity index (χ0n) is 10.6. The largest absolute Gasteiger partial charge is 0.375 e. The molecule has 7 heteroatoms. The Morgan fingerprint density at radius 1 is 1.00 bits per heavy atom. The zero-order chi connectivity index (χ0) is 15.4. The summed E-state index contributed by atoms with van der Waals surface area (Å²) in [4.78, 5) is 11.7. The molecule has 0 spiro atoms. The van der Waals surface area contributed by atoms with Crippen LogP contribution in [0.1, 0.15) is 0 Å². The van der Waals surface area contributed by atoms with E-state index in [2.05, 4.69) is 26.6 Å². The van der Waals surface area contributed by atoms with E-state index >= 15 is 0 Å². The molecule has 0 radical (unpaired) electrons. The second-order valence-corrected chi connectivity index (χ2v) is 4.98. The number of rotatable bonds is 4. The molecular weight excluding hydrogens is 349 g/mol. The molecule has 0 bridgehead atoms. The first-order valence-corrected chi connectivity index (χ1v) is 6.69. The van der Waals surface area contributed by atoms with E-state index in [0.29, 0.717) is 0 Å². The molecule has 0 aliphatic carbocycles. The SMILES string of the molecule is O=C(CNc1cc(F)c(F)cc1Br)Nc1ccccc1F. The van der Waals surface area contributed by atoms with Gasteiger partial charge in [0, 0.05) is 10.5 Å². The molecule has 1 amide bonds. The van der Waals surface area contributed by atoms with E-state index in [1.165, 1.54) is 18.2 Å². The highest BCUT2D eigenvalue weighted by Crippen LogP contribution is 2.25. The van der Waals surface area contributed by atoms with Crippen molar-refractivity contribution in [2.24, 2.45) is 0 Å². The number of benzene rings is 2. The first kappa shape index (κ1) is 15.4. The molecule has 0 aliphatic rings. The highest BCUT2D eigenvalue weighted by atomic mass is 79.9. The molecule has 0 heterocycles. The van der Waals surface area contributed by atoms with E-state index in [1.807, 2.05) is 0 Å². The molecule has 0 fully saturated rings. The molecule has 2 N–H and O–H groups in total. The molecule has 2 aromatic carbocycles. The number of amides is 1. The molecule has 110 valence electrons. The van der Waals surface area contributed by atoms with E-state index in [4.69, 9.17) is 0 Å². The monoisotopic (exact) mass is 358 g/mol. The summed E-state index contributed by atoms with van der Waals surface area (Å²) in [5.41, 5.74) is 0.270. The van der Waals surface area contributed by atoms with Crippen molar-refractivity contribution in [3.8, 4) is 0 Å². The Hall–Kier alpha value is -2.02. The van der Waals surface area contributed by atoms with Crippen LogP contribution in [0.4, 0.5) is 24.5 Å². The van der Waals surface area contributed by atoms with Crippen molar-refractivity contribution in [3.63, 3.8) is 0 Å². The first-order valence-electron chi connectivity index (χ1n) is 5.90. The second kappa shape index (κ2) is 6.62. The van der Waals surface area contributed by atoms with Crippen LogP contribution >= 0.6 is 15.9 Å². The fourth-order valence-corrected chi connectivity index (χ4v) is 2.05. The van der Waals surface area contributed by atoms with Crippen molar-refractivity contribution in [2.45, 2.75) is 0 Å². The van der Waals surface area contributed by atoms with Gasteiger partial charge < -0.3 is 10.6 Å². The van der Waals surface area contributed by atoms with Crippen molar-refractivity contribution in [1.82, 2.24) is 0 Å². The van der Waals surface area contributed by atoms with Crippen molar-refractivity contribution < 1.29 is 18.0 Å². The van der Waals surface area contributed by atoms with Gasteiger partial charge in [-0.05, 0) is 34.1 Å². The number of para-hydroxylation sites is 1. The van der Waals surface area contributed by atoms with Gasteiger partial charge in [0.15, 0.2) is 11.6 Å². The average Bonchev–Trinajstić information content (AvgIpc) is 2.44. The third kappa shape index (κ3) is 3.98. The van der Waals surface area contributed by atoms with Crippen LogP contribution in [0.5, 0.6) is 0 Å². The van der Waals surface area contributed by atoms with Gasteiger partial charge in [0.25, 0.3) is 0 Å². The molecule has 3 nitrogen and oxygen atoms in total. The van der Waals surface area contributed by atoms with Gasteiger partial charge in [-0.25, -0.2) is 13.2 Å². The van der Waals surface area contributed by atoms with Gasteiger partial charge in [-0.2, -0.15) is 0 Å². The molecular formula is C14H10BrF3N2O. The van der Waals surface area contributed by atoms with Crippen LogP contribution in [0.15, 0.2) is 40.9 Å². The molecule has 0 atom stereocenters. The Balaban J connectivity index is 1.99. The molecule has 0 aliphatic heterocycles. The van der Waals surface area contributed by atoms with Gasteiger partial charge in [-0.15, -0.1) is 0 Å². The number of hydrogen-bond donors (Lipinski definition) is 2. The van der Waals surface area contributed by atoms with Crippen LogP contribution in [0, 0.1) is 17.5 Å². The lowest BCUT2D eigenvalue weighted by Gasteiger charge is -2.10. The fourth-order valence-electron chi connectivity index (χ4n) is 1.59. The normalized spacial score (nSPS) is 10.3. The maximum atomic E-state index is 13.3. The molecule has 2 rings (SSSR count). The summed E-state index contributed by atoms with van der Waals surface area (Å²) in [6.45, 7) is -0.224. The van der Waals surface area contributed by atoms with Gasteiger partial charge in [-0.1, -0.05) is 12.1 Å². The summed E-state index contributed by atoms with van der Waals surface area (Å²) in [5.74, 6) is -3.10. The lowest BCUT2D eigenvalue weighted by Crippen LogP contribution is -2.22. The highest BCUT2D eigenvalue weighted by Gasteiger charge is 2.10. The minimum Gasteiger partial charge on any atom is -0.375 e. The number of halogens is 4. The Kier molecular flexibility index (Phi) is 4.85. The minimum absolute atomic E-state index is 0.0497. The number of anilines is 2. The van der Waals surface area contributed by atoms with E-state index in [9.17, 15) is 18.0 Å². The van der Waals surface area contributed by atoms with Crippen LogP contribution in [0.2, 0.25) is 0 Å². The predicted molar refractivity (Wildman–Crippen MR) is 77.6 cm³/mol. The second-order valence-electron chi connectivity index (χ2n) is 4.13. The third-order valence-corrected chi connectivity index (χ3v) is 3.25. The molecule has 0 saturated heterocycles. The van der Waals surface area contributed by atoms with Crippen molar-refractivity contribution >= 4 is 33.2 Å². The average molecular weight is 359 g/mol. The van der Waals surface area contributed by atoms with E-state index in [-0.39, 0.29) is 22.4 Å². The molecule has 0 saturated carbocycles. The number of carbonyl (C=O) groups excluding carboxylic acids is 1. The fraction of sp³-hybridized carbons (Fsp3) is 0.0714. The highest BCUT2D eigenvalue weighted by molar-refractivity contribution is 9.10. The van der Waals surface area contributed by atoms with Crippen LogP contribution in [-0.2, 0) is 4.79 Å². The van der Waals surface area contributed by atoms with Crippen LogP contribution in [0.25, 0.3) is 0 Å². The van der Waals surface area contributed by atoms with Gasteiger partial charge >= 0.3 is 0 Å². The lowest BCUT2D eigenvalue weighted by atomic mass is 10.3. The first-order chi connectivity index (χ1) is 9.97. The Bertz CT molecular complexity index is 679. The molecule has 0 unspecified atom stereocenters. The van der Waals surface area contributed by atoms with Crippen LogP contribution in [0.3, 0.4) is 0 Å². The van der Waals surface area contributed by atoms with E-state index < -0.39 is 23.4 Å². The minimum atomic E-state index is -1.03. The van der Waals surface area contributed by atoms with Gasteiger partial charge in [0.1, 0.15) is 5.82 Å². The summed E-state index contributed by atoms with van der Waals surface area (Å²) < 4.78 is 39.7. The third-order valence-electron chi connectivity index (χ3n) is 2.60. The van der Waals surface area contributed by atoms with Gasteiger partial charge in [-0.3, -0.25) is 4.79 Å².